The number of aryl methyl sites for hydroxylation is 1. The fourth-order valence-corrected chi connectivity index (χ4v) is 4.02. The van der Waals surface area contributed by atoms with Crippen molar-refractivity contribution in [1.82, 2.24) is 4.90 Å². The van der Waals surface area contributed by atoms with Gasteiger partial charge in [-0.2, -0.15) is 0 Å². The standard InChI is InChI=1S/C22H25NO3/c1-16-5-2-3-8-20(16)17-9-11-23(12-10-17)21(24)18-6-4-7-19(13-18)22(25)14-26-15-22/h2-8,13,17,25H,9-12,14-15H2,1H3. The SMILES string of the molecule is Cc1ccccc1C1CCN(C(=O)c2cccc(C3(O)COC3)c2)CC1. The second-order valence-electron chi connectivity index (χ2n) is 7.53. The fraction of sp³-hybridized carbons (Fsp3) is 0.409. The molecule has 2 fully saturated rings. The van der Waals surface area contributed by atoms with Gasteiger partial charge in [-0.1, -0.05) is 36.4 Å². The lowest BCUT2D eigenvalue weighted by Crippen LogP contribution is -2.46. The molecule has 2 aliphatic heterocycles. The molecule has 136 valence electrons. The smallest absolute Gasteiger partial charge is 0.253 e. The first-order valence-electron chi connectivity index (χ1n) is 9.32. The van der Waals surface area contributed by atoms with E-state index in [4.69, 9.17) is 4.74 Å². The summed E-state index contributed by atoms with van der Waals surface area (Å²) in [5.41, 5.74) is 3.23. The maximum atomic E-state index is 12.9. The Labute approximate surface area is 154 Å². The van der Waals surface area contributed by atoms with E-state index < -0.39 is 5.60 Å². The number of carbonyl (C=O) groups is 1. The monoisotopic (exact) mass is 351 g/mol. The van der Waals surface area contributed by atoms with Crippen molar-refractivity contribution in [2.75, 3.05) is 26.3 Å². The maximum Gasteiger partial charge on any atom is 0.253 e. The molecule has 4 rings (SSSR count). The van der Waals surface area contributed by atoms with Gasteiger partial charge in [-0.25, -0.2) is 0 Å². The molecule has 0 unspecified atom stereocenters. The van der Waals surface area contributed by atoms with E-state index in [-0.39, 0.29) is 5.91 Å². The predicted octanol–water partition coefficient (Wildman–Crippen LogP) is 3.23. The number of aliphatic hydroxyl groups is 1. The van der Waals surface area contributed by atoms with E-state index in [9.17, 15) is 9.90 Å². The molecular weight excluding hydrogens is 326 g/mol. The van der Waals surface area contributed by atoms with E-state index in [1.165, 1.54) is 11.1 Å². The highest BCUT2D eigenvalue weighted by Crippen LogP contribution is 2.32. The van der Waals surface area contributed by atoms with E-state index in [1.807, 2.05) is 29.2 Å². The molecule has 2 aliphatic rings. The topological polar surface area (TPSA) is 49.8 Å². The quantitative estimate of drug-likeness (QED) is 0.924. The summed E-state index contributed by atoms with van der Waals surface area (Å²) >= 11 is 0. The molecule has 4 nitrogen and oxygen atoms in total. The highest BCUT2D eigenvalue weighted by atomic mass is 16.5. The Morgan fingerprint density at radius 2 is 1.85 bits per heavy atom. The number of amides is 1. The first-order valence-corrected chi connectivity index (χ1v) is 9.32. The van der Waals surface area contributed by atoms with Crippen molar-refractivity contribution in [2.45, 2.75) is 31.3 Å². The highest BCUT2D eigenvalue weighted by Gasteiger charge is 2.38. The molecule has 2 saturated heterocycles. The maximum absolute atomic E-state index is 12.9. The zero-order valence-electron chi connectivity index (χ0n) is 15.1. The van der Waals surface area contributed by atoms with Crippen LogP contribution >= 0.6 is 0 Å². The normalized spacial score (nSPS) is 19.8. The van der Waals surface area contributed by atoms with Gasteiger partial charge in [0.2, 0.25) is 0 Å². The van der Waals surface area contributed by atoms with Crippen LogP contribution in [0.15, 0.2) is 48.5 Å². The van der Waals surface area contributed by atoms with Crippen LogP contribution < -0.4 is 0 Å². The van der Waals surface area contributed by atoms with E-state index >= 15 is 0 Å². The summed E-state index contributed by atoms with van der Waals surface area (Å²) in [4.78, 5) is 14.8. The Bertz CT molecular complexity index is 805. The van der Waals surface area contributed by atoms with Gasteiger partial charge in [0, 0.05) is 18.7 Å². The number of rotatable bonds is 3. The number of hydrogen-bond acceptors (Lipinski definition) is 3. The Kier molecular flexibility index (Phi) is 4.55. The van der Waals surface area contributed by atoms with Gasteiger partial charge in [0.25, 0.3) is 5.91 Å². The van der Waals surface area contributed by atoms with Crippen molar-refractivity contribution in [2.24, 2.45) is 0 Å². The fourth-order valence-electron chi connectivity index (χ4n) is 4.02. The minimum Gasteiger partial charge on any atom is -0.380 e. The molecule has 2 aromatic carbocycles. The number of hydrogen-bond donors (Lipinski definition) is 1. The molecule has 1 N–H and O–H groups in total. The number of ether oxygens (including phenoxy) is 1. The second kappa shape index (κ2) is 6.86. The number of benzene rings is 2. The molecule has 0 bridgehead atoms. The molecule has 4 heteroatoms. The molecule has 0 spiro atoms. The van der Waals surface area contributed by atoms with Crippen molar-refractivity contribution in [1.29, 1.82) is 0 Å². The van der Waals surface area contributed by atoms with Crippen molar-refractivity contribution in [3.63, 3.8) is 0 Å². The van der Waals surface area contributed by atoms with Gasteiger partial charge in [-0.3, -0.25) is 4.79 Å². The average Bonchev–Trinajstić information content (AvgIpc) is 2.66. The van der Waals surface area contributed by atoms with Crippen LogP contribution in [0, 0.1) is 6.92 Å². The summed E-state index contributed by atoms with van der Waals surface area (Å²) in [5.74, 6) is 0.582. The van der Waals surface area contributed by atoms with E-state index in [0.717, 1.165) is 31.5 Å². The summed E-state index contributed by atoms with van der Waals surface area (Å²) in [6, 6.07) is 15.9. The van der Waals surface area contributed by atoms with Crippen LogP contribution in [0.2, 0.25) is 0 Å². The molecule has 0 aliphatic carbocycles. The average molecular weight is 351 g/mol. The molecule has 0 aromatic heterocycles. The summed E-state index contributed by atoms with van der Waals surface area (Å²) in [7, 11) is 0. The molecule has 1 amide bonds. The van der Waals surface area contributed by atoms with Crippen molar-refractivity contribution < 1.29 is 14.6 Å². The number of likely N-dealkylation sites (tertiary alicyclic amines) is 1. The van der Waals surface area contributed by atoms with Gasteiger partial charge in [-0.15, -0.1) is 0 Å². The van der Waals surface area contributed by atoms with Crippen molar-refractivity contribution in [3.05, 3.63) is 70.8 Å². The number of nitrogens with zero attached hydrogens (tertiary/aromatic N) is 1. The van der Waals surface area contributed by atoms with Crippen LogP contribution in [0.4, 0.5) is 0 Å². The van der Waals surface area contributed by atoms with Gasteiger partial charge in [0.05, 0.1) is 13.2 Å². The largest absolute Gasteiger partial charge is 0.380 e. The van der Waals surface area contributed by atoms with Gasteiger partial charge >= 0.3 is 0 Å². The number of carbonyl (C=O) groups excluding carboxylic acids is 1. The van der Waals surface area contributed by atoms with Gasteiger partial charge in [0.15, 0.2) is 0 Å². The Morgan fingerprint density at radius 3 is 2.50 bits per heavy atom. The molecule has 2 aromatic rings. The summed E-state index contributed by atoms with van der Waals surface area (Å²) < 4.78 is 5.13. The van der Waals surface area contributed by atoms with Gasteiger partial charge in [0.1, 0.15) is 5.60 Å². The first kappa shape index (κ1) is 17.3. The van der Waals surface area contributed by atoms with Crippen LogP contribution in [0.5, 0.6) is 0 Å². The molecular formula is C22H25NO3. The molecule has 0 saturated carbocycles. The Morgan fingerprint density at radius 1 is 1.12 bits per heavy atom. The second-order valence-corrected chi connectivity index (χ2v) is 7.53. The van der Waals surface area contributed by atoms with E-state index in [0.29, 0.717) is 24.7 Å². The lowest BCUT2D eigenvalue weighted by molar-refractivity contribution is -0.184. The van der Waals surface area contributed by atoms with Crippen LogP contribution in [0.25, 0.3) is 0 Å². The van der Waals surface area contributed by atoms with E-state index in [1.54, 1.807) is 0 Å². The van der Waals surface area contributed by atoms with Crippen LogP contribution in [-0.2, 0) is 10.3 Å². The molecule has 2 heterocycles. The summed E-state index contributed by atoms with van der Waals surface area (Å²) in [5, 5.41) is 10.4. The van der Waals surface area contributed by atoms with Crippen molar-refractivity contribution in [3.8, 4) is 0 Å². The van der Waals surface area contributed by atoms with Gasteiger partial charge < -0.3 is 14.7 Å². The summed E-state index contributed by atoms with van der Waals surface area (Å²) in [6.45, 7) is 4.30. The van der Waals surface area contributed by atoms with Crippen LogP contribution in [0.1, 0.15) is 45.8 Å². The molecule has 0 atom stereocenters. The van der Waals surface area contributed by atoms with Gasteiger partial charge in [-0.05, 0) is 54.5 Å². The zero-order chi connectivity index (χ0) is 18.1. The summed E-state index contributed by atoms with van der Waals surface area (Å²) in [6.07, 6.45) is 1.99. The minimum atomic E-state index is -0.936. The first-order chi connectivity index (χ1) is 12.6. The third-order valence-electron chi connectivity index (χ3n) is 5.74. The Balaban J connectivity index is 1.44. The Hall–Kier alpha value is -2.17. The molecule has 26 heavy (non-hydrogen) atoms. The number of piperidine rings is 1. The third kappa shape index (κ3) is 3.15. The highest BCUT2D eigenvalue weighted by molar-refractivity contribution is 5.94. The predicted molar refractivity (Wildman–Crippen MR) is 100 cm³/mol. The van der Waals surface area contributed by atoms with Crippen molar-refractivity contribution >= 4 is 5.91 Å². The van der Waals surface area contributed by atoms with Crippen LogP contribution in [0.3, 0.4) is 0 Å². The minimum absolute atomic E-state index is 0.0546. The van der Waals surface area contributed by atoms with Crippen LogP contribution in [-0.4, -0.2) is 42.2 Å². The lowest BCUT2D eigenvalue weighted by atomic mass is 9.86. The van der Waals surface area contributed by atoms with E-state index in [2.05, 4.69) is 31.2 Å². The molecule has 0 radical (unpaired) electrons. The third-order valence-corrected chi connectivity index (χ3v) is 5.74. The zero-order valence-corrected chi connectivity index (χ0v) is 15.1. The lowest BCUT2D eigenvalue weighted by Gasteiger charge is -2.37.